The van der Waals surface area contributed by atoms with Gasteiger partial charge in [0.15, 0.2) is 0 Å². The van der Waals surface area contributed by atoms with Gasteiger partial charge in [-0.15, -0.1) is 0 Å². The summed E-state index contributed by atoms with van der Waals surface area (Å²) in [5, 5.41) is 5.55. The second-order valence-corrected chi connectivity index (χ2v) is 5.39. The molecule has 0 radical (unpaired) electrons. The molecular weight excluding hydrogens is 242 g/mol. The van der Waals surface area contributed by atoms with Crippen molar-refractivity contribution in [3.63, 3.8) is 0 Å². The summed E-state index contributed by atoms with van der Waals surface area (Å²) in [6.45, 7) is 7.87. The molecule has 5 heteroatoms. The minimum Gasteiger partial charge on any atom is -0.356 e. The van der Waals surface area contributed by atoms with Gasteiger partial charge < -0.3 is 16.4 Å². The highest BCUT2D eigenvalue weighted by molar-refractivity contribution is 5.79. The molecule has 112 valence electrons. The predicted molar refractivity (Wildman–Crippen MR) is 77.5 cm³/mol. The van der Waals surface area contributed by atoms with E-state index in [1.807, 2.05) is 6.92 Å². The summed E-state index contributed by atoms with van der Waals surface area (Å²) >= 11 is 0. The zero-order chi connectivity index (χ0) is 14.7. The van der Waals surface area contributed by atoms with Gasteiger partial charge >= 0.3 is 0 Å². The number of nitrogens with two attached hydrogens (primary N) is 1. The second kappa shape index (κ2) is 10.8. The van der Waals surface area contributed by atoms with Gasteiger partial charge in [-0.3, -0.25) is 9.59 Å². The number of carbonyl (C=O) groups excluding carboxylic acids is 2. The standard InChI is InChI=1S/C14H29N3O2/c1-4-6-16-13(18)5-7-17-14(19)9-12(10-15)8-11(2)3/h11-12H,4-10,15H2,1-3H3,(H,16,18)(H,17,19)/t12-/m0/s1. The molecular formula is C14H29N3O2. The fourth-order valence-corrected chi connectivity index (χ4v) is 1.93. The molecule has 2 amide bonds. The lowest BCUT2D eigenvalue weighted by Crippen LogP contribution is -2.33. The fraction of sp³-hybridized carbons (Fsp3) is 0.857. The molecule has 0 aliphatic carbocycles. The van der Waals surface area contributed by atoms with Crippen LogP contribution in [0.25, 0.3) is 0 Å². The third kappa shape index (κ3) is 10.5. The number of nitrogens with one attached hydrogen (secondary N) is 2. The van der Waals surface area contributed by atoms with Crippen LogP contribution in [0.1, 0.15) is 46.5 Å². The molecule has 0 aliphatic rings. The highest BCUT2D eigenvalue weighted by Gasteiger charge is 2.13. The maximum atomic E-state index is 11.7. The monoisotopic (exact) mass is 271 g/mol. The third-order valence-corrected chi connectivity index (χ3v) is 2.86. The first-order valence-electron chi connectivity index (χ1n) is 7.23. The summed E-state index contributed by atoms with van der Waals surface area (Å²) in [6, 6.07) is 0. The van der Waals surface area contributed by atoms with Gasteiger partial charge in [0.2, 0.25) is 11.8 Å². The number of carbonyl (C=O) groups is 2. The molecule has 0 heterocycles. The Morgan fingerprint density at radius 2 is 1.74 bits per heavy atom. The summed E-state index contributed by atoms with van der Waals surface area (Å²) in [7, 11) is 0. The topological polar surface area (TPSA) is 84.2 Å². The van der Waals surface area contributed by atoms with Gasteiger partial charge in [-0.25, -0.2) is 0 Å². The van der Waals surface area contributed by atoms with E-state index in [9.17, 15) is 9.59 Å². The van der Waals surface area contributed by atoms with Crippen molar-refractivity contribution in [2.24, 2.45) is 17.6 Å². The largest absolute Gasteiger partial charge is 0.356 e. The Morgan fingerprint density at radius 1 is 1.11 bits per heavy atom. The maximum Gasteiger partial charge on any atom is 0.221 e. The maximum absolute atomic E-state index is 11.7. The van der Waals surface area contributed by atoms with Gasteiger partial charge in [-0.2, -0.15) is 0 Å². The lowest BCUT2D eigenvalue weighted by atomic mass is 9.94. The van der Waals surface area contributed by atoms with Gasteiger partial charge in [-0.1, -0.05) is 20.8 Å². The van der Waals surface area contributed by atoms with Crippen LogP contribution in [-0.2, 0) is 9.59 Å². The SMILES string of the molecule is CCCNC(=O)CCNC(=O)C[C@@H](CN)CC(C)C. The van der Waals surface area contributed by atoms with Crippen LogP contribution in [0, 0.1) is 11.8 Å². The molecule has 0 fully saturated rings. The first kappa shape index (κ1) is 17.9. The van der Waals surface area contributed by atoms with Crippen LogP contribution in [-0.4, -0.2) is 31.4 Å². The zero-order valence-corrected chi connectivity index (χ0v) is 12.5. The van der Waals surface area contributed by atoms with E-state index in [0.717, 1.165) is 12.8 Å². The van der Waals surface area contributed by atoms with E-state index in [1.54, 1.807) is 0 Å². The third-order valence-electron chi connectivity index (χ3n) is 2.86. The molecule has 0 saturated carbocycles. The molecule has 0 aliphatic heterocycles. The molecule has 0 unspecified atom stereocenters. The Hall–Kier alpha value is -1.10. The minimum absolute atomic E-state index is 0.0142. The average molecular weight is 271 g/mol. The van der Waals surface area contributed by atoms with E-state index in [2.05, 4.69) is 24.5 Å². The fourth-order valence-electron chi connectivity index (χ4n) is 1.93. The van der Waals surface area contributed by atoms with Crippen molar-refractivity contribution in [1.29, 1.82) is 0 Å². The van der Waals surface area contributed by atoms with Crippen LogP contribution in [0.2, 0.25) is 0 Å². The Kier molecular flexibility index (Phi) is 10.2. The normalized spacial score (nSPS) is 12.3. The van der Waals surface area contributed by atoms with Crippen LogP contribution in [0.15, 0.2) is 0 Å². The molecule has 0 rings (SSSR count). The molecule has 0 spiro atoms. The average Bonchev–Trinajstić information content (AvgIpc) is 2.34. The van der Waals surface area contributed by atoms with Gasteiger partial charge in [0, 0.05) is 25.9 Å². The molecule has 19 heavy (non-hydrogen) atoms. The van der Waals surface area contributed by atoms with Crippen LogP contribution in [0.3, 0.4) is 0 Å². The molecule has 0 bridgehead atoms. The van der Waals surface area contributed by atoms with Gasteiger partial charge in [0.25, 0.3) is 0 Å². The first-order valence-corrected chi connectivity index (χ1v) is 7.23. The number of hydrogen-bond donors (Lipinski definition) is 3. The Bertz CT molecular complexity index is 267. The molecule has 0 aromatic rings. The highest BCUT2D eigenvalue weighted by atomic mass is 16.2. The lowest BCUT2D eigenvalue weighted by Gasteiger charge is -2.16. The van der Waals surface area contributed by atoms with Crippen LogP contribution in [0.5, 0.6) is 0 Å². The van der Waals surface area contributed by atoms with E-state index in [0.29, 0.717) is 38.4 Å². The van der Waals surface area contributed by atoms with E-state index in [-0.39, 0.29) is 17.7 Å². The molecule has 0 aromatic carbocycles. The molecule has 0 saturated heterocycles. The van der Waals surface area contributed by atoms with Crippen molar-refractivity contribution in [3.05, 3.63) is 0 Å². The molecule has 1 atom stereocenters. The molecule has 0 aromatic heterocycles. The quantitative estimate of drug-likeness (QED) is 0.555. The number of rotatable bonds is 10. The van der Waals surface area contributed by atoms with E-state index >= 15 is 0 Å². The van der Waals surface area contributed by atoms with Crippen molar-refractivity contribution >= 4 is 11.8 Å². The van der Waals surface area contributed by atoms with Crippen molar-refractivity contribution in [2.75, 3.05) is 19.6 Å². The van der Waals surface area contributed by atoms with Crippen molar-refractivity contribution in [3.8, 4) is 0 Å². The Balaban J connectivity index is 3.76. The summed E-state index contributed by atoms with van der Waals surface area (Å²) in [4.78, 5) is 23.0. The molecule has 4 N–H and O–H groups in total. The zero-order valence-electron chi connectivity index (χ0n) is 12.5. The smallest absolute Gasteiger partial charge is 0.221 e. The summed E-state index contributed by atoms with van der Waals surface area (Å²) < 4.78 is 0. The van der Waals surface area contributed by atoms with Crippen molar-refractivity contribution < 1.29 is 9.59 Å². The second-order valence-electron chi connectivity index (χ2n) is 5.39. The number of amides is 2. The van der Waals surface area contributed by atoms with Crippen LogP contribution < -0.4 is 16.4 Å². The highest BCUT2D eigenvalue weighted by Crippen LogP contribution is 2.13. The van der Waals surface area contributed by atoms with Crippen molar-refractivity contribution in [1.82, 2.24) is 10.6 Å². The van der Waals surface area contributed by atoms with E-state index in [4.69, 9.17) is 5.73 Å². The van der Waals surface area contributed by atoms with Gasteiger partial charge in [0.05, 0.1) is 0 Å². The minimum atomic E-state index is -0.0145. The van der Waals surface area contributed by atoms with Crippen LogP contribution >= 0.6 is 0 Å². The number of hydrogen-bond acceptors (Lipinski definition) is 3. The van der Waals surface area contributed by atoms with E-state index < -0.39 is 0 Å². The summed E-state index contributed by atoms with van der Waals surface area (Å²) in [6.07, 6.45) is 2.67. The van der Waals surface area contributed by atoms with E-state index in [1.165, 1.54) is 0 Å². The predicted octanol–water partition coefficient (Wildman–Crippen LogP) is 1.03. The van der Waals surface area contributed by atoms with Crippen LogP contribution in [0.4, 0.5) is 0 Å². The Labute approximate surface area is 116 Å². The Morgan fingerprint density at radius 3 is 2.26 bits per heavy atom. The van der Waals surface area contributed by atoms with Crippen molar-refractivity contribution in [2.45, 2.75) is 46.5 Å². The van der Waals surface area contributed by atoms with Gasteiger partial charge in [0.1, 0.15) is 0 Å². The lowest BCUT2D eigenvalue weighted by molar-refractivity contribution is -0.122. The first-order chi connectivity index (χ1) is 8.99. The summed E-state index contributed by atoms with van der Waals surface area (Å²) in [5.41, 5.74) is 5.66. The van der Waals surface area contributed by atoms with Gasteiger partial charge in [-0.05, 0) is 31.2 Å². The summed E-state index contributed by atoms with van der Waals surface area (Å²) in [5.74, 6) is 0.745. The molecule has 5 nitrogen and oxygen atoms in total.